The summed E-state index contributed by atoms with van der Waals surface area (Å²) in [5.74, 6) is 2.13. The fraction of sp³-hybridized carbons (Fsp3) is 0.167. The number of thiophene rings is 1. The van der Waals surface area contributed by atoms with Crippen molar-refractivity contribution in [2.45, 2.75) is 6.54 Å². The van der Waals surface area contributed by atoms with Crippen LogP contribution in [0, 0.1) is 0 Å². The van der Waals surface area contributed by atoms with Crippen LogP contribution in [0.15, 0.2) is 53.1 Å². The van der Waals surface area contributed by atoms with E-state index in [1.54, 1.807) is 12.3 Å². The summed E-state index contributed by atoms with van der Waals surface area (Å²) in [6.45, 7) is 1.51. The molecule has 5 nitrogen and oxygen atoms in total. The zero-order chi connectivity index (χ0) is 16.4. The lowest BCUT2D eigenvalue weighted by molar-refractivity contribution is 0.0952. The number of ether oxygens (including phenoxy) is 2. The van der Waals surface area contributed by atoms with Crippen molar-refractivity contribution in [1.29, 1.82) is 0 Å². The molecule has 0 aliphatic carbocycles. The molecular formula is C18H15NO4S. The van der Waals surface area contributed by atoms with E-state index in [9.17, 15) is 4.79 Å². The molecule has 2 aromatic heterocycles. The first-order chi connectivity index (χ1) is 11.8. The molecule has 0 spiro atoms. The van der Waals surface area contributed by atoms with E-state index in [1.165, 1.54) is 11.3 Å². The Labute approximate surface area is 142 Å². The Morgan fingerprint density at radius 1 is 1.08 bits per heavy atom. The van der Waals surface area contributed by atoms with Crippen molar-refractivity contribution in [2.24, 2.45) is 0 Å². The van der Waals surface area contributed by atoms with Gasteiger partial charge in [0.25, 0.3) is 5.91 Å². The maximum atomic E-state index is 12.2. The fourth-order valence-corrected chi connectivity index (χ4v) is 3.40. The number of carbonyl (C=O) groups excluding carboxylic acids is 1. The van der Waals surface area contributed by atoms with Crippen LogP contribution in [0.4, 0.5) is 0 Å². The molecular weight excluding hydrogens is 326 g/mol. The van der Waals surface area contributed by atoms with Gasteiger partial charge < -0.3 is 19.2 Å². The smallest absolute Gasteiger partial charge is 0.261 e. The Morgan fingerprint density at radius 3 is 2.79 bits per heavy atom. The summed E-state index contributed by atoms with van der Waals surface area (Å²) >= 11 is 1.44. The molecule has 0 atom stereocenters. The first kappa shape index (κ1) is 14.8. The zero-order valence-corrected chi connectivity index (χ0v) is 13.6. The Bertz CT molecular complexity index is 854. The van der Waals surface area contributed by atoms with E-state index in [0.717, 1.165) is 27.7 Å². The Kier molecular flexibility index (Phi) is 3.96. The highest BCUT2D eigenvalue weighted by atomic mass is 32.1. The minimum absolute atomic E-state index is 0.111. The highest BCUT2D eigenvalue weighted by Crippen LogP contribution is 2.36. The molecule has 0 fully saturated rings. The Balaban J connectivity index is 1.49. The molecule has 0 bridgehead atoms. The molecule has 3 aromatic rings. The molecule has 3 heterocycles. The number of rotatable bonds is 4. The van der Waals surface area contributed by atoms with Crippen LogP contribution >= 0.6 is 11.3 Å². The second-order valence-corrected chi connectivity index (χ2v) is 6.37. The molecule has 6 heteroatoms. The predicted octanol–water partition coefficient (Wildman–Crippen LogP) is 3.71. The highest BCUT2D eigenvalue weighted by molar-refractivity contribution is 7.17. The molecule has 1 aromatic carbocycles. The summed E-state index contributed by atoms with van der Waals surface area (Å²) in [5, 5.41) is 2.85. The monoisotopic (exact) mass is 341 g/mol. The van der Waals surface area contributed by atoms with E-state index in [4.69, 9.17) is 13.9 Å². The van der Waals surface area contributed by atoms with Crippen LogP contribution in [0.2, 0.25) is 0 Å². The van der Waals surface area contributed by atoms with Crippen LogP contribution in [-0.4, -0.2) is 19.1 Å². The van der Waals surface area contributed by atoms with E-state index >= 15 is 0 Å². The second-order valence-electron chi connectivity index (χ2n) is 5.28. The third-order valence-corrected chi connectivity index (χ3v) is 4.79. The number of nitrogens with one attached hydrogen (secondary N) is 1. The molecule has 1 aliphatic heterocycles. The van der Waals surface area contributed by atoms with Crippen molar-refractivity contribution in [3.8, 4) is 21.9 Å². The van der Waals surface area contributed by atoms with Gasteiger partial charge in [0, 0.05) is 4.88 Å². The Morgan fingerprint density at radius 2 is 1.96 bits per heavy atom. The van der Waals surface area contributed by atoms with Crippen molar-refractivity contribution in [3.63, 3.8) is 0 Å². The van der Waals surface area contributed by atoms with Gasteiger partial charge in [-0.25, -0.2) is 0 Å². The predicted molar refractivity (Wildman–Crippen MR) is 90.6 cm³/mol. The van der Waals surface area contributed by atoms with E-state index in [1.807, 2.05) is 36.4 Å². The lowest BCUT2D eigenvalue weighted by Gasteiger charge is -2.18. The lowest BCUT2D eigenvalue weighted by Crippen LogP contribution is -2.21. The number of carbonyl (C=O) groups is 1. The van der Waals surface area contributed by atoms with Crippen LogP contribution in [0.3, 0.4) is 0 Å². The van der Waals surface area contributed by atoms with Gasteiger partial charge in [-0.15, -0.1) is 11.3 Å². The average molecular weight is 341 g/mol. The van der Waals surface area contributed by atoms with Gasteiger partial charge >= 0.3 is 0 Å². The number of fused-ring (bicyclic) bond motifs is 1. The highest BCUT2D eigenvalue weighted by Gasteiger charge is 2.15. The van der Waals surface area contributed by atoms with Crippen molar-refractivity contribution in [1.82, 2.24) is 5.32 Å². The van der Waals surface area contributed by atoms with Gasteiger partial charge in [0.1, 0.15) is 19.0 Å². The normalized spacial score (nSPS) is 12.8. The quantitative estimate of drug-likeness (QED) is 0.786. The molecule has 122 valence electrons. The molecule has 0 radical (unpaired) electrons. The summed E-state index contributed by atoms with van der Waals surface area (Å²) in [7, 11) is 0. The first-order valence-corrected chi connectivity index (χ1v) is 8.42. The zero-order valence-electron chi connectivity index (χ0n) is 12.8. The molecule has 24 heavy (non-hydrogen) atoms. The van der Waals surface area contributed by atoms with Crippen molar-refractivity contribution in [3.05, 3.63) is 59.4 Å². The first-order valence-electron chi connectivity index (χ1n) is 7.60. The van der Waals surface area contributed by atoms with Gasteiger partial charge in [0.15, 0.2) is 11.5 Å². The Hall–Kier alpha value is -2.73. The molecule has 0 saturated carbocycles. The third kappa shape index (κ3) is 3.00. The maximum Gasteiger partial charge on any atom is 0.261 e. The minimum Gasteiger partial charge on any atom is -0.486 e. The average Bonchev–Trinajstić information content (AvgIpc) is 3.31. The molecule has 0 saturated heterocycles. The summed E-state index contributed by atoms with van der Waals surface area (Å²) in [4.78, 5) is 13.9. The number of hydrogen-bond acceptors (Lipinski definition) is 5. The molecule has 0 unspecified atom stereocenters. The van der Waals surface area contributed by atoms with Crippen LogP contribution in [0.5, 0.6) is 11.5 Å². The van der Waals surface area contributed by atoms with Gasteiger partial charge in [-0.1, -0.05) is 0 Å². The lowest BCUT2D eigenvalue weighted by atomic mass is 10.1. The number of benzene rings is 1. The van der Waals surface area contributed by atoms with E-state index in [0.29, 0.717) is 24.6 Å². The van der Waals surface area contributed by atoms with Crippen molar-refractivity contribution in [2.75, 3.05) is 13.2 Å². The van der Waals surface area contributed by atoms with E-state index in [2.05, 4.69) is 5.32 Å². The standard InChI is InChI=1S/C18H15NO4S/c20-18(19-11-13-2-1-7-21-13)17-6-5-16(24-17)12-3-4-14-15(10-12)23-9-8-22-14/h1-7,10H,8-9,11H2,(H,19,20). The summed E-state index contributed by atoms with van der Waals surface area (Å²) < 4.78 is 16.4. The number of hydrogen-bond donors (Lipinski definition) is 1. The molecule has 1 aliphatic rings. The van der Waals surface area contributed by atoms with E-state index < -0.39 is 0 Å². The summed E-state index contributed by atoms with van der Waals surface area (Å²) in [5.41, 5.74) is 1.01. The largest absolute Gasteiger partial charge is 0.486 e. The minimum atomic E-state index is -0.111. The van der Waals surface area contributed by atoms with Crippen LogP contribution in [0.1, 0.15) is 15.4 Å². The van der Waals surface area contributed by atoms with Crippen LogP contribution in [0.25, 0.3) is 10.4 Å². The summed E-state index contributed by atoms with van der Waals surface area (Å²) in [6.07, 6.45) is 1.59. The molecule has 1 N–H and O–H groups in total. The SMILES string of the molecule is O=C(NCc1ccco1)c1ccc(-c2ccc3c(c2)OCCO3)s1. The van der Waals surface area contributed by atoms with E-state index in [-0.39, 0.29) is 5.91 Å². The van der Waals surface area contributed by atoms with Gasteiger partial charge in [-0.05, 0) is 48.0 Å². The number of furan rings is 1. The fourth-order valence-electron chi connectivity index (χ4n) is 2.48. The van der Waals surface area contributed by atoms with Gasteiger partial charge in [0.2, 0.25) is 0 Å². The number of amides is 1. The molecule has 4 rings (SSSR count). The van der Waals surface area contributed by atoms with Crippen molar-refractivity contribution >= 4 is 17.2 Å². The van der Waals surface area contributed by atoms with Crippen molar-refractivity contribution < 1.29 is 18.7 Å². The van der Waals surface area contributed by atoms with Crippen LogP contribution in [-0.2, 0) is 6.54 Å². The molecule has 1 amide bonds. The third-order valence-electron chi connectivity index (χ3n) is 3.66. The summed E-state index contributed by atoms with van der Waals surface area (Å²) in [6, 6.07) is 13.2. The van der Waals surface area contributed by atoms with Gasteiger partial charge in [-0.2, -0.15) is 0 Å². The van der Waals surface area contributed by atoms with Gasteiger partial charge in [-0.3, -0.25) is 4.79 Å². The topological polar surface area (TPSA) is 60.7 Å². The maximum absolute atomic E-state index is 12.2. The second kappa shape index (κ2) is 6.41. The van der Waals surface area contributed by atoms with Gasteiger partial charge in [0.05, 0.1) is 17.7 Å². The van der Waals surface area contributed by atoms with Crippen LogP contribution < -0.4 is 14.8 Å².